The first kappa shape index (κ1) is 19.4. The number of aliphatic imine (C=N–C) groups is 1. The van der Waals surface area contributed by atoms with Crippen molar-refractivity contribution in [1.29, 1.82) is 0 Å². The fraction of sp³-hybridized carbons (Fsp3) is 0.786. The highest BCUT2D eigenvalue weighted by molar-refractivity contribution is 7.90. The Morgan fingerprint density at radius 1 is 1.35 bits per heavy atom. The molecule has 0 bridgehead atoms. The maximum Gasteiger partial charge on any atom is 0.228 e. The molecule has 132 valence electrons. The Kier molecular flexibility index (Phi) is 7.47. The fourth-order valence-electron chi connectivity index (χ4n) is 1.78. The zero-order valence-electron chi connectivity index (χ0n) is 14.5. The minimum Gasteiger partial charge on any atom is -0.356 e. The molecule has 0 radical (unpaired) electrons. The second kappa shape index (κ2) is 8.85. The average molecular weight is 345 g/mol. The van der Waals surface area contributed by atoms with E-state index in [1.807, 2.05) is 20.8 Å². The molecule has 1 rings (SSSR count). The summed E-state index contributed by atoms with van der Waals surface area (Å²) in [6.45, 7) is 6.54. The second-order valence-corrected chi connectivity index (χ2v) is 8.17. The number of guanidine groups is 1. The van der Waals surface area contributed by atoms with E-state index in [9.17, 15) is 8.42 Å². The fourth-order valence-corrected chi connectivity index (χ4v) is 2.56. The molecule has 8 nitrogen and oxygen atoms in total. The van der Waals surface area contributed by atoms with Crippen molar-refractivity contribution < 1.29 is 12.9 Å². The van der Waals surface area contributed by atoms with Crippen molar-refractivity contribution in [1.82, 2.24) is 20.8 Å². The van der Waals surface area contributed by atoms with Crippen LogP contribution in [0.4, 0.5) is 0 Å². The van der Waals surface area contributed by atoms with Gasteiger partial charge in [-0.15, -0.1) is 0 Å². The molecule has 0 saturated heterocycles. The molecule has 1 atom stereocenters. The standard InChI is InChI=1S/C14H27N5O3S/c1-10(2)13-18-12(22-19-13)6-8-16-14(15-4)17-11(3)7-9-23(5,20)21/h10-11H,6-9H2,1-5H3,(H2,15,16,17). The number of aromatic nitrogens is 2. The molecule has 0 aliphatic heterocycles. The lowest BCUT2D eigenvalue weighted by molar-refractivity contribution is 0.371. The summed E-state index contributed by atoms with van der Waals surface area (Å²) in [7, 11) is -1.28. The predicted octanol–water partition coefficient (Wildman–Crippen LogP) is 0.724. The van der Waals surface area contributed by atoms with E-state index in [-0.39, 0.29) is 17.7 Å². The molecule has 2 N–H and O–H groups in total. The number of hydrogen-bond acceptors (Lipinski definition) is 6. The van der Waals surface area contributed by atoms with Gasteiger partial charge in [-0.25, -0.2) is 8.42 Å². The van der Waals surface area contributed by atoms with Crippen LogP contribution in [0.2, 0.25) is 0 Å². The molecule has 9 heteroatoms. The van der Waals surface area contributed by atoms with Gasteiger partial charge in [-0.3, -0.25) is 4.99 Å². The Bertz CT molecular complexity index is 610. The van der Waals surface area contributed by atoms with Gasteiger partial charge in [0, 0.05) is 38.2 Å². The molecule has 1 aromatic heterocycles. The first-order valence-corrected chi connectivity index (χ1v) is 9.74. The first-order valence-electron chi connectivity index (χ1n) is 7.68. The van der Waals surface area contributed by atoms with E-state index in [2.05, 4.69) is 25.8 Å². The summed E-state index contributed by atoms with van der Waals surface area (Å²) in [6, 6.07) is 0.00636. The third-order valence-corrected chi connectivity index (χ3v) is 4.14. The number of nitrogens with zero attached hydrogens (tertiary/aromatic N) is 3. The van der Waals surface area contributed by atoms with Crippen molar-refractivity contribution in [2.24, 2.45) is 4.99 Å². The summed E-state index contributed by atoms with van der Waals surface area (Å²) in [5, 5.41) is 10.2. The molecule has 0 aliphatic rings. The highest BCUT2D eigenvalue weighted by Gasteiger charge is 2.11. The van der Waals surface area contributed by atoms with E-state index in [0.29, 0.717) is 37.1 Å². The van der Waals surface area contributed by atoms with E-state index in [1.165, 1.54) is 6.26 Å². The van der Waals surface area contributed by atoms with Crippen LogP contribution in [-0.2, 0) is 16.3 Å². The van der Waals surface area contributed by atoms with Crippen LogP contribution >= 0.6 is 0 Å². The Morgan fingerprint density at radius 2 is 2.04 bits per heavy atom. The van der Waals surface area contributed by atoms with Gasteiger partial charge in [0.2, 0.25) is 5.89 Å². The van der Waals surface area contributed by atoms with E-state index >= 15 is 0 Å². The average Bonchev–Trinajstić information content (AvgIpc) is 2.92. The van der Waals surface area contributed by atoms with E-state index in [0.717, 1.165) is 0 Å². The molecule has 0 aliphatic carbocycles. The summed E-state index contributed by atoms with van der Waals surface area (Å²) in [5.74, 6) is 2.30. The molecular weight excluding hydrogens is 318 g/mol. The lowest BCUT2D eigenvalue weighted by atomic mass is 10.2. The van der Waals surface area contributed by atoms with Crippen molar-refractivity contribution in [2.45, 2.75) is 45.6 Å². The summed E-state index contributed by atoms with van der Waals surface area (Å²) in [5.41, 5.74) is 0. The molecule has 0 fully saturated rings. The highest BCUT2D eigenvalue weighted by atomic mass is 32.2. The lowest BCUT2D eigenvalue weighted by Crippen LogP contribution is -2.43. The monoisotopic (exact) mass is 345 g/mol. The van der Waals surface area contributed by atoms with Crippen LogP contribution in [0, 0.1) is 0 Å². The van der Waals surface area contributed by atoms with Crippen molar-refractivity contribution in [2.75, 3.05) is 25.6 Å². The molecule has 0 aromatic carbocycles. The number of hydrogen-bond donors (Lipinski definition) is 2. The van der Waals surface area contributed by atoms with Gasteiger partial charge in [-0.05, 0) is 13.3 Å². The first-order chi connectivity index (χ1) is 10.7. The van der Waals surface area contributed by atoms with Crippen LogP contribution in [0.5, 0.6) is 0 Å². The minimum atomic E-state index is -2.95. The quantitative estimate of drug-likeness (QED) is 0.528. The van der Waals surface area contributed by atoms with Crippen LogP contribution in [0.25, 0.3) is 0 Å². The van der Waals surface area contributed by atoms with Gasteiger partial charge in [0.05, 0.1) is 5.75 Å². The maximum atomic E-state index is 11.2. The Morgan fingerprint density at radius 3 is 2.57 bits per heavy atom. The van der Waals surface area contributed by atoms with Gasteiger partial charge in [0.15, 0.2) is 11.8 Å². The molecule has 0 amide bonds. The highest BCUT2D eigenvalue weighted by Crippen LogP contribution is 2.09. The van der Waals surface area contributed by atoms with E-state index in [1.54, 1.807) is 7.05 Å². The molecule has 1 unspecified atom stereocenters. The zero-order chi connectivity index (χ0) is 17.5. The molecule has 0 spiro atoms. The minimum absolute atomic E-state index is 0.00636. The normalized spacial score (nSPS) is 14.1. The smallest absolute Gasteiger partial charge is 0.228 e. The Hall–Kier alpha value is -1.64. The summed E-state index contributed by atoms with van der Waals surface area (Å²) in [6.07, 6.45) is 2.36. The van der Waals surface area contributed by atoms with Gasteiger partial charge >= 0.3 is 0 Å². The molecule has 1 aromatic rings. The van der Waals surface area contributed by atoms with Crippen molar-refractivity contribution in [3.05, 3.63) is 11.7 Å². The van der Waals surface area contributed by atoms with Gasteiger partial charge in [-0.1, -0.05) is 19.0 Å². The van der Waals surface area contributed by atoms with Gasteiger partial charge in [0.1, 0.15) is 9.84 Å². The molecular formula is C14H27N5O3S. The van der Waals surface area contributed by atoms with Crippen molar-refractivity contribution in [3.8, 4) is 0 Å². The SMILES string of the molecule is CN=C(NCCc1nc(C(C)C)no1)NC(C)CCS(C)(=O)=O. The second-order valence-electron chi connectivity index (χ2n) is 5.91. The number of sulfone groups is 1. The lowest BCUT2D eigenvalue weighted by Gasteiger charge is -2.17. The predicted molar refractivity (Wildman–Crippen MR) is 90.4 cm³/mol. The van der Waals surface area contributed by atoms with Gasteiger partial charge in [-0.2, -0.15) is 4.98 Å². The molecule has 23 heavy (non-hydrogen) atoms. The van der Waals surface area contributed by atoms with E-state index < -0.39 is 9.84 Å². The Balaban J connectivity index is 2.36. The van der Waals surface area contributed by atoms with Gasteiger partial charge < -0.3 is 15.2 Å². The summed E-state index contributed by atoms with van der Waals surface area (Å²) >= 11 is 0. The molecule has 0 saturated carbocycles. The maximum absolute atomic E-state index is 11.2. The third kappa shape index (κ3) is 7.96. The summed E-state index contributed by atoms with van der Waals surface area (Å²) in [4.78, 5) is 8.42. The summed E-state index contributed by atoms with van der Waals surface area (Å²) < 4.78 is 27.5. The van der Waals surface area contributed by atoms with Crippen LogP contribution in [0.1, 0.15) is 44.8 Å². The van der Waals surface area contributed by atoms with Crippen molar-refractivity contribution >= 4 is 15.8 Å². The van der Waals surface area contributed by atoms with Crippen LogP contribution in [0.15, 0.2) is 9.52 Å². The van der Waals surface area contributed by atoms with Crippen LogP contribution in [-0.4, -0.2) is 56.2 Å². The number of rotatable bonds is 8. The zero-order valence-corrected chi connectivity index (χ0v) is 15.3. The van der Waals surface area contributed by atoms with E-state index in [4.69, 9.17) is 4.52 Å². The van der Waals surface area contributed by atoms with Crippen LogP contribution in [0.3, 0.4) is 0 Å². The largest absolute Gasteiger partial charge is 0.356 e. The topological polar surface area (TPSA) is 109 Å². The van der Waals surface area contributed by atoms with Crippen LogP contribution < -0.4 is 10.6 Å². The number of nitrogens with one attached hydrogen (secondary N) is 2. The third-order valence-electron chi connectivity index (χ3n) is 3.16. The Labute approximate surface area is 138 Å². The molecule has 1 heterocycles. The van der Waals surface area contributed by atoms with Crippen molar-refractivity contribution in [3.63, 3.8) is 0 Å². The van der Waals surface area contributed by atoms with Gasteiger partial charge in [0.25, 0.3) is 0 Å².